The third-order valence-electron chi connectivity index (χ3n) is 6.92. The highest BCUT2D eigenvalue weighted by molar-refractivity contribution is 6.18. The molecular formula is C27H55ClN4O. The number of rotatable bonds is 10. The Morgan fingerprint density at radius 3 is 1.24 bits per heavy atom. The molecule has 0 aliphatic carbocycles. The van der Waals surface area contributed by atoms with E-state index in [0.717, 1.165) is 6.61 Å². The molecule has 4 N–H and O–H groups in total. The normalized spacial score (nSPS) is 28.1. The van der Waals surface area contributed by atoms with E-state index in [2.05, 4.69) is 76.7 Å². The molecule has 3 aliphatic rings. The molecule has 3 aliphatic heterocycles. The number of epoxide rings is 1. The van der Waals surface area contributed by atoms with Gasteiger partial charge in [-0.2, -0.15) is 0 Å². The lowest BCUT2D eigenvalue weighted by molar-refractivity contribution is 0.145. The summed E-state index contributed by atoms with van der Waals surface area (Å²) in [6.45, 7) is 21.9. The molecule has 3 saturated heterocycles. The summed E-state index contributed by atoms with van der Waals surface area (Å²) >= 11 is 5.27. The van der Waals surface area contributed by atoms with Crippen LogP contribution in [0.25, 0.3) is 0 Å². The SMILES string of the molecule is CC1(C)CC(NCCCCCCNC2CC(C)(C)NC(C)(C)C2)CC(C)(C)N1.ClCC1CO1. The summed E-state index contributed by atoms with van der Waals surface area (Å²) in [4.78, 5) is 0. The van der Waals surface area contributed by atoms with Crippen LogP contribution in [0.1, 0.15) is 107 Å². The van der Waals surface area contributed by atoms with Crippen LogP contribution in [0.15, 0.2) is 0 Å². The predicted molar refractivity (Wildman–Crippen MR) is 144 cm³/mol. The molecule has 0 aromatic heterocycles. The molecule has 33 heavy (non-hydrogen) atoms. The largest absolute Gasteiger partial charge is 0.372 e. The second-order valence-electron chi connectivity index (χ2n) is 13.4. The topological polar surface area (TPSA) is 60.6 Å². The maximum absolute atomic E-state index is 5.27. The second-order valence-corrected chi connectivity index (χ2v) is 13.7. The summed E-state index contributed by atoms with van der Waals surface area (Å²) in [5, 5.41) is 15.2. The van der Waals surface area contributed by atoms with Crippen molar-refractivity contribution in [3.8, 4) is 0 Å². The van der Waals surface area contributed by atoms with E-state index in [9.17, 15) is 0 Å². The van der Waals surface area contributed by atoms with E-state index < -0.39 is 0 Å². The lowest BCUT2D eigenvalue weighted by atomic mass is 9.79. The van der Waals surface area contributed by atoms with E-state index in [1.165, 1.54) is 64.5 Å². The van der Waals surface area contributed by atoms with Crippen molar-refractivity contribution < 1.29 is 4.74 Å². The van der Waals surface area contributed by atoms with Gasteiger partial charge in [0.2, 0.25) is 0 Å². The number of unbranched alkanes of at least 4 members (excludes halogenated alkanes) is 3. The zero-order valence-corrected chi connectivity index (χ0v) is 23.8. The molecule has 0 amide bonds. The third kappa shape index (κ3) is 12.6. The van der Waals surface area contributed by atoms with Crippen molar-refractivity contribution in [2.75, 3.05) is 25.6 Å². The summed E-state index contributed by atoms with van der Waals surface area (Å²) in [6, 6.07) is 1.30. The van der Waals surface area contributed by atoms with Gasteiger partial charge in [0.25, 0.3) is 0 Å². The molecule has 1 atom stereocenters. The van der Waals surface area contributed by atoms with Crippen LogP contribution in [0.4, 0.5) is 0 Å². The Morgan fingerprint density at radius 2 is 1.00 bits per heavy atom. The van der Waals surface area contributed by atoms with E-state index in [-0.39, 0.29) is 22.2 Å². The van der Waals surface area contributed by atoms with Crippen LogP contribution >= 0.6 is 11.6 Å². The molecule has 3 heterocycles. The minimum atomic E-state index is 0.239. The van der Waals surface area contributed by atoms with Gasteiger partial charge < -0.3 is 26.0 Å². The van der Waals surface area contributed by atoms with Crippen LogP contribution in [0.2, 0.25) is 0 Å². The monoisotopic (exact) mass is 486 g/mol. The highest BCUT2D eigenvalue weighted by atomic mass is 35.5. The van der Waals surface area contributed by atoms with Crippen LogP contribution < -0.4 is 21.3 Å². The van der Waals surface area contributed by atoms with Gasteiger partial charge in [0.1, 0.15) is 0 Å². The van der Waals surface area contributed by atoms with Gasteiger partial charge in [-0.25, -0.2) is 0 Å². The fraction of sp³-hybridized carbons (Fsp3) is 1.00. The summed E-state index contributed by atoms with van der Waals surface area (Å²) in [5.41, 5.74) is 0.956. The molecule has 3 fully saturated rings. The Kier molecular flexibility index (Phi) is 11.0. The quantitative estimate of drug-likeness (QED) is 0.199. The average Bonchev–Trinajstić information content (AvgIpc) is 3.43. The van der Waals surface area contributed by atoms with E-state index in [1.807, 2.05) is 0 Å². The fourth-order valence-electron chi connectivity index (χ4n) is 6.31. The molecule has 196 valence electrons. The van der Waals surface area contributed by atoms with Gasteiger partial charge in [-0.05, 0) is 107 Å². The zero-order chi connectivity index (χ0) is 24.8. The second kappa shape index (κ2) is 12.4. The number of hydrogen-bond donors (Lipinski definition) is 4. The van der Waals surface area contributed by atoms with Gasteiger partial charge in [0, 0.05) is 34.2 Å². The first-order valence-electron chi connectivity index (χ1n) is 13.4. The molecule has 3 rings (SSSR count). The molecule has 0 aromatic rings. The Labute approximate surface area is 210 Å². The van der Waals surface area contributed by atoms with Crippen molar-refractivity contribution in [3.05, 3.63) is 0 Å². The number of hydrogen-bond acceptors (Lipinski definition) is 5. The van der Waals surface area contributed by atoms with Gasteiger partial charge in [-0.15, -0.1) is 11.6 Å². The highest BCUT2D eigenvalue weighted by Crippen LogP contribution is 2.29. The Hall–Kier alpha value is 0.0900. The molecular weight excluding hydrogens is 432 g/mol. The molecule has 0 aromatic carbocycles. The van der Waals surface area contributed by atoms with Crippen molar-refractivity contribution in [3.63, 3.8) is 0 Å². The molecule has 0 bridgehead atoms. The number of halogens is 1. The van der Waals surface area contributed by atoms with Gasteiger partial charge >= 0.3 is 0 Å². The van der Waals surface area contributed by atoms with Crippen molar-refractivity contribution in [1.29, 1.82) is 0 Å². The van der Waals surface area contributed by atoms with Crippen LogP contribution in [-0.2, 0) is 4.74 Å². The van der Waals surface area contributed by atoms with Gasteiger partial charge in [-0.1, -0.05) is 12.8 Å². The number of piperidine rings is 2. The van der Waals surface area contributed by atoms with E-state index in [4.69, 9.17) is 16.3 Å². The Morgan fingerprint density at radius 1 is 0.667 bits per heavy atom. The predicted octanol–water partition coefficient (Wildman–Crippen LogP) is 4.97. The van der Waals surface area contributed by atoms with Crippen molar-refractivity contribution in [2.45, 2.75) is 147 Å². The first-order valence-corrected chi connectivity index (χ1v) is 14.0. The van der Waals surface area contributed by atoms with Gasteiger partial charge in [-0.3, -0.25) is 0 Å². The summed E-state index contributed by atoms with van der Waals surface area (Å²) in [5.74, 6) is 0.667. The molecule has 0 spiro atoms. The summed E-state index contributed by atoms with van der Waals surface area (Å²) in [7, 11) is 0. The van der Waals surface area contributed by atoms with Crippen LogP contribution in [-0.4, -0.2) is 65.9 Å². The van der Waals surface area contributed by atoms with E-state index in [1.54, 1.807) is 0 Å². The van der Waals surface area contributed by atoms with Gasteiger partial charge in [0.15, 0.2) is 0 Å². The maximum atomic E-state index is 5.27. The smallest absolute Gasteiger partial charge is 0.0944 e. The van der Waals surface area contributed by atoms with Crippen LogP contribution in [0, 0.1) is 0 Å². The third-order valence-corrected chi connectivity index (χ3v) is 7.27. The van der Waals surface area contributed by atoms with Crippen molar-refractivity contribution in [2.24, 2.45) is 0 Å². The number of ether oxygens (including phenoxy) is 1. The lowest BCUT2D eigenvalue weighted by Crippen LogP contribution is -2.61. The summed E-state index contributed by atoms with van der Waals surface area (Å²) in [6.07, 6.45) is 10.6. The minimum Gasteiger partial charge on any atom is -0.372 e. The minimum absolute atomic E-state index is 0.239. The van der Waals surface area contributed by atoms with Gasteiger partial charge in [0.05, 0.1) is 18.6 Å². The van der Waals surface area contributed by atoms with Crippen molar-refractivity contribution in [1.82, 2.24) is 21.3 Å². The number of alkyl halides is 1. The number of nitrogens with one attached hydrogen (secondary N) is 4. The van der Waals surface area contributed by atoms with Crippen molar-refractivity contribution >= 4 is 11.6 Å². The molecule has 5 nitrogen and oxygen atoms in total. The van der Waals surface area contributed by atoms with E-state index >= 15 is 0 Å². The average molecular weight is 487 g/mol. The lowest BCUT2D eigenvalue weighted by Gasteiger charge is -2.47. The molecule has 0 radical (unpaired) electrons. The highest BCUT2D eigenvalue weighted by Gasteiger charge is 2.38. The zero-order valence-electron chi connectivity index (χ0n) is 23.0. The standard InChI is InChI=1S/C24H50N4.C3H5ClO/c1-21(2)15-19(16-22(3,4)27-21)25-13-11-9-10-12-14-26-20-17-23(5,6)28-24(7,8)18-20;4-1-3-2-5-3/h19-20,25-28H,9-18H2,1-8H3;3H,1-2H2. The first-order chi connectivity index (χ1) is 15.2. The van der Waals surface area contributed by atoms with E-state index in [0.29, 0.717) is 24.1 Å². The first kappa shape index (κ1) is 29.3. The Balaban J connectivity index is 0.000000678. The maximum Gasteiger partial charge on any atom is 0.0944 e. The molecule has 6 heteroatoms. The Bertz CT molecular complexity index is 498. The molecule has 1 unspecified atom stereocenters. The molecule has 0 saturated carbocycles. The summed E-state index contributed by atoms with van der Waals surface area (Å²) < 4.78 is 4.73. The van der Waals surface area contributed by atoms with Crippen LogP contribution in [0.5, 0.6) is 0 Å². The van der Waals surface area contributed by atoms with Crippen LogP contribution in [0.3, 0.4) is 0 Å². The fourth-order valence-corrected chi connectivity index (χ4v) is 6.48.